The van der Waals surface area contributed by atoms with Crippen LogP contribution in [0.25, 0.3) is 33.4 Å². The molecule has 8 aromatic rings. The van der Waals surface area contributed by atoms with Gasteiger partial charge in [0.1, 0.15) is 0 Å². The predicted octanol–water partition coefficient (Wildman–Crippen LogP) is 19.5. The van der Waals surface area contributed by atoms with E-state index in [0.29, 0.717) is 11.8 Å². The van der Waals surface area contributed by atoms with Gasteiger partial charge in [0, 0.05) is 16.9 Å². The minimum atomic E-state index is -0.553. The lowest BCUT2D eigenvalue weighted by molar-refractivity contribution is 0.435. The molecule has 2 saturated carbocycles. The molecule has 0 N–H and O–H groups in total. The van der Waals surface area contributed by atoms with Gasteiger partial charge in [-0.25, -0.2) is 0 Å². The number of hydrogen-bond donors (Lipinski definition) is 0. The summed E-state index contributed by atoms with van der Waals surface area (Å²) >= 11 is 0. The third-order valence-electron chi connectivity index (χ3n) is 16.5. The molecule has 0 aromatic heterocycles. The highest BCUT2D eigenvalue weighted by Gasteiger charge is 2.46. The minimum Gasteiger partial charge on any atom is -0.310 e. The van der Waals surface area contributed by atoms with Gasteiger partial charge in [-0.3, -0.25) is 0 Å². The molecule has 0 aliphatic heterocycles. The van der Waals surface area contributed by atoms with Crippen LogP contribution in [0.1, 0.15) is 162 Å². The largest absolute Gasteiger partial charge is 0.310 e. The van der Waals surface area contributed by atoms with E-state index in [4.69, 9.17) is 0 Å². The molecule has 0 bridgehead atoms. The van der Waals surface area contributed by atoms with Crippen molar-refractivity contribution < 1.29 is 0 Å². The molecule has 0 spiro atoms. The summed E-state index contributed by atoms with van der Waals surface area (Å²) in [7, 11) is 0. The van der Waals surface area contributed by atoms with Crippen molar-refractivity contribution in [2.45, 2.75) is 134 Å². The highest BCUT2D eigenvalue weighted by atomic mass is 15.1. The molecule has 70 heavy (non-hydrogen) atoms. The van der Waals surface area contributed by atoms with Gasteiger partial charge in [-0.1, -0.05) is 238 Å². The van der Waals surface area contributed by atoms with E-state index in [1.807, 2.05) is 0 Å². The van der Waals surface area contributed by atoms with E-state index in [9.17, 15) is 0 Å². The van der Waals surface area contributed by atoms with Gasteiger partial charge in [-0.05, 0) is 151 Å². The number of rotatable bonds is 9. The van der Waals surface area contributed by atoms with Gasteiger partial charge >= 0.3 is 0 Å². The molecule has 2 fully saturated rings. The monoisotopic (exact) mass is 914 g/mol. The van der Waals surface area contributed by atoms with E-state index in [1.54, 1.807) is 11.1 Å². The summed E-state index contributed by atoms with van der Waals surface area (Å²) in [4.78, 5) is 2.53. The number of hydrogen-bond acceptors (Lipinski definition) is 1. The van der Waals surface area contributed by atoms with Crippen LogP contribution in [0.4, 0.5) is 17.1 Å². The van der Waals surface area contributed by atoms with Crippen molar-refractivity contribution in [3.8, 4) is 33.4 Å². The van der Waals surface area contributed by atoms with Crippen molar-refractivity contribution in [3.63, 3.8) is 0 Å². The average molecular weight is 914 g/mol. The first kappa shape index (κ1) is 46.0. The zero-order valence-electron chi connectivity index (χ0n) is 42.6. The standard InChI is InChI=1S/C69H71N/c1-67(2,3)55-32-36-57(37-33-55)69(58-38-34-56(35-39-58)68(4,5)6)64-28-18-16-27-62(64)63-43-42-60(47-65(63)69)70(66-29-19-17-26-61(66)51-24-14-9-15-25-51)59-40-30-50(31-41-59)54-45-52(48-20-10-7-11-21-48)44-53(46-54)49-22-12-8-13-23-49/h9,14-19,24-49H,7-8,10-13,20-23H2,1-6H3. The lowest BCUT2D eigenvalue weighted by Crippen LogP contribution is -2.29. The molecule has 0 atom stereocenters. The van der Waals surface area contributed by atoms with Crippen LogP contribution in [0.5, 0.6) is 0 Å². The fraction of sp³-hybridized carbons (Fsp3) is 0.304. The van der Waals surface area contributed by atoms with Crippen LogP contribution in [0.3, 0.4) is 0 Å². The van der Waals surface area contributed by atoms with Crippen LogP contribution in [-0.2, 0) is 16.2 Å². The maximum Gasteiger partial charge on any atom is 0.0714 e. The Balaban J connectivity index is 1.10. The fourth-order valence-corrected chi connectivity index (χ4v) is 12.6. The van der Waals surface area contributed by atoms with E-state index in [1.165, 1.54) is 131 Å². The SMILES string of the molecule is CC(C)(C)c1ccc(C2(c3ccc(C(C)(C)C)cc3)c3ccccc3-c3ccc(N(c4ccc(-c5cc(C6CCCCC6)cc(C6CCCCC6)c5)cc4)c4ccccc4-c4ccccc4)cc32)cc1. The Morgan fingerprint density at radius 2 is 0.857 bits per heavy atom. The third-order valence-corrected chi connectivity index (χ3v) is 16.5. The summed E-state index contributed by atoms with van der Waals surface area (Å²) in [5.41, 5.74) is 21.7. The molecule has 1 nitrogen and oxygen atoms in total. The number of benzene rings is 8. The van der Waals surface area contributed by atoms with Crippen molar-refractivity contribution in [1.82, 2.24) is 0 Å². The van der Waals surface area contributed by atoms with Gasteiger partial charge in [-0.2, -0.15) is 0 Å². The van der Waals surface area contributed by atoms with Crippen LogP contribution in [0.2, 0.25) is 0 Å². The molecular formula is C69H71N. The molecule has 352 valence electrons. The van der Waals surface area contributed by atoms with Crippen LogP contribution in [0.15, 0.2) is 188 Å². The normalized spacial score (nSPS) is 16.1. The Kier molecular flexibility index (Phi) is 12.3. The third kappa shape index (κ3) is 8.54. The van der Waals surface area contributed by atoms with E-state index in [-0.39, 0.29) is 10.8 Å². The summed E-state index contributed by atoms with van der Waals surface area (Å²) < 4.78 is 0. The second kappa shape index (κ2) is 18.7. The molecule has 3 aliphatic rings. The molecule has 1 heteroatoms. The first-order valence-corrected chi connectivity index (χ1v) is 26.6. The molecule has 11 rings (SSSR count). The highest BCUT2D eigenvalue weighted by molar-refractivity contribution is 5.92. The zero-order chi connectivity index (χ0) is 48.0. The van der Waals surface area contributed by atoms with Crippen molar-refractivity contribution >= 4 is 17.1 Å². The average Bonchev–Trinajstić information content (AvgIpc) is 3.69. The topological polar surface area (TPSA) is 3.24 Å². The van der Waals surface area contributed by atoms with Crippen molar-refractivity contribution in [2.75, 3.05) is 4.90 Å². The number of anilines is 3. The molecule has 0 saturated heterocycles. The molecule has 8 aromatic carbocycles. The second-order valence-electron chi connectivity index (χ2n) is 23.0. The first-order valence-electron chi connectivity index (χ1n) is 26.6. The van der Waals surface area contributed by atoms with Crippen LogP contribution >= 0.6 is 0 Å². The molecule has 0 amide bonds. The second-order valence-corrected chi connectivity index (χ2v) is 23.0. The Morgan fingerprint density at radius 3 is 1.41 bits per heavy atom. The first-order chi connectivity index (χ1) is 34.0. The molecule has 0 heterocycles. The van der Waals surface area contributed by atoms with Crippen LogP contribution < -0.4 is 4.90 Å². The Morgan fingerprint density at radius 1 is 0.371 bits per heavy atom. The highest BCUT2D eigenvalue weighted by Crippen LogP contribution is 2.58. The van der Waals surface area contributed by atoms with Gasteiger partial charge in [0.2, 0.25) is 0 Å². The number of nitrogens with zero attached hydrogens (tertiary/aromatic N) is 1. The van der Waals surface area contributed by atoms with E-state index in [2.05, 4.69) is 234 Å². The Bertz CT molecular complexity index is 3000. The van der Waals surface area contributed by atoms with E-state index < -0.39 is 5.41 Å². The molecule has 3 aliphatic carbocycles. The van der Waals surface area contributed by atoms with Crippen molar-refractivity contribution in [1.29, 1.82) is 0 Å². The zero-order valence-corrected chi connectivity index (χ0v) is 42.6. The quantitative estimate of drug-likeness (QED) is 0.139. The maximum atomic E-state index is 2.62. The number of para-hydroxylation sites is 1. The van der Waals surface area contributed by atoms with E-state index in [0.717, 1.165) is 17.1 Å². The van der Waals surface area contributed by atoms with Gasteiger partial charge in [0.05, 0.1) is 11.1 Å². The molecular weight excluding hydrogens is 843 g/mol. The van der Waals surface area contributed by atoms with Gasteiger partial charge in [0.25, 0.3) is 0 Å². The van der Waals surface area contributed by atoms with Crippen molar-refractivity contribution in [3.05, 3.63) is 233 Å². The van der Waals surface area contributed by atoms with Gasteiger partial charge in [-0.15, -0.1) is 0 Å². The van der Waals surface area contributed by atoms with Crippen LogP contribution in [-0.4, -0.2) is 0 Å². The number of fused-ring (bicyclic) bond motifs is 3. The molecule has 0 radical (unpaired) electrons. The predicted molar refractivity (Wildman–Crippen MR) is 298 cm³/mol. The summed E-state index contributed by atoms with van der Waals surface area (Å²) in [6.45, 7) is 13.9. The smallest absolute Gasteiger partial charge is 0.0714 e. The van der Waals surface area contributed by atoms with Crippen LogP contribution in [0, 0.1) is 0 Å². The van der Waals surface area contributed by atoms with E-state index >= 15 is 0 Å². The fourth-order valence-electron chi connectivity index (χ4n) is 12.6. The summed E-state index contributed by atoms with van der Waals surface area (Å²) in [5.74, 6) is 1.34. The Hall–Kier alpha value is -6.44. The Labute approximate surface area is 419 Å². The lowest BCUT2D eigenvalue weighted by atomic mass is 9.67. The molecule has 0 unspecified atom stereocenters. The summed E-state index contributed by atoms with van der Waals surface area (Å²) in [6.07, 6.45) is 13.4. The van der Waals surface area contributed by atoms with Crippen molar-refractivity contribution in [2.24, 2.45) is 0 Å². The van der Waals surface area contributed by atoms with Gasteiger partial charge in [0.15, 0.2) is 0 Å². The van der Waals surface area contributed by atoms with Gasteiger partial charge < -0.3 is 4.90 Å². The maximum absolute atomic E-state index is 2.62. The summed E-state index contributed by atoms with van der Waals surface area (Å²) in [5, 5.41) is 0. The lowest BCUT2D eigenvalue weighted by Gasteiger charge is -2.36. The summed E-state index contributed by atoms with van der Waals surface area (Å²) in [6, 6.07) is 72.9. The minimum absolute atomic E-state index is 0.0385.